The molecule has 2 heterocycles. The number of rotatable bonds is 3. The second-order valence-electron chi connectivity index (χ2n) is 13.4. The van der Waals surface area contributed by atoms with Gasteiger partial charge < -0.3 is 4.57 Å². The van der Waals surface area contributed by atoms with Gasteiger partial charge in [0.05, 0.1) is 16.5 Å². The summed E-state index contributed by atoms with van der Waals surface area (Å²) in [7, 11) is 2.21. The molecule has 0 radical (unpaired) electrons. The molecule has 5 aromatic rings. The molecule has 0 aliphatic heterocycles. The van der Waals surface area contributed by atoms with E-state index in [9.17, 15) is 0 Å². The quantitative estimate of drug-likeness (QED) is 0.219. The first-order valence-corrected chi connectivity index (χ1v) is 14.9. The minimum absolute atomic E-state index is 0.400. The van der Waals surface area contributed by atoms with Crippen molar-refractivity contribution in [3.63, 3.8) is 0 Å². The monoisotopic (exact) mass is 499 g/mol. The van der Waals surface area contributed by atoms with Crippen LogP contribution in [0.4, 0.5) is 0 Å². The SMILES string of the molecule is Cc1cc2c3ccccc3n(C(C)C)c2cc1-c1c2ccc(C34CC5CC(CC(C5)C3)C4)cc2cc[n+]1C. The summed E-state index contributed by atoms with van der Waals surface area (Å²) in [6.45, 7) is 6.89. The predicted molar refractivity (Wildman–Crippen MR) is 159 cm³/mol. The standard InChI is InChI=1S/C36H39N2/c1-22(2)38-33-8-6-5-7-30(33)32-13-23(3)31(18-34(32)38)35-29-10-9-28(17-27(29)11-12-37(35)4)36-19-24-14-25(20-36)16-26(15-24)21-36/h5-13,17-18,22,24-26H,14-16,19-21H2,1-4H3/q+1. The Kier molecular flexibility index (Phi) is 4.77. The molecule has 2 heteroatoms. The van der Waals surface area contributed by atoms with Crippen molar-refractivity contribution in [1.29, 1.82) is 0 Å². The molecule has 2 aromatic heterocycles. The highest BCUT2D eigenvalue weighted by molar-refractivity contribution is 6.10. The highest BCUT2D eigenvalue weighted by atomic mass is 15.0. The maximum absolute atomic E-state index is 2.57. The average molecular weight is 500 g/mol. The number of para-hydroxylation sites is 1. The van der Waals surface area contributed by atoms with Crippen molar-refractivity contribution < 1.29 is 4.57 Å². The first kappa shape index (κ1) is 22.8. The fourth-order valence-corrected chi connectivity index (χ4v) is 9.47. The predicted octanol–water partition coefficient (Wildman–Crippen LogP) is 8.80. The van der Waals surface area contributed by atoms with Crippen LogP contribution < -0.4 is 4.57 Å². The van der Waals surface area contributed by atoms with Gasteiger partial charge in [0, 0.05) is 28.4 Å². The Hall–Kier alpha value is -3.13. The number of pyridine rings is 1. The van der Waals surface area contributed by atoms with Gasteiger partial charge in [-0.05, 0) is 123 Å². The van der Waals surface area contributed by atoms with Crippen LogP contribution in [0.1, 0.15) is 69.5 Å². The summed E-state index contributed by atoms with van der Waals surface area (Å²) in [4.78, 5) is 0. The molecular formula is C36H39N2+. The molecule has 0 saturated heterocycles. The Morgan fingerprint density at radius 3 is 2.21 bits per heavy atom. The molecule has 0 amide bonds. The van der Waals surface area contributed by atoms with E-state index in [0.717, 1.165) is 17.8 Å². The van der Waals surface area contributed by atoms with Gasteiger partial charge in [-0.3, -0.25) is 0 Å². The third-order valence-electron chi connectivity index (χ3n) is 10.6. The summed E-state index contributed by atoms with van der Waals surface area (Å²) in [5.41, 5.74) is 8.75. The lowest BCUT2D eigenvalue weighted by molar-refractivity contribution is -0.659. The van der Waals surface area contributed by atoms with E-state index in [1.165, 1.54) is 87.9 Å². The maximum atomic E-state index is 2.57. The third-order valence-corrected chi connectivity index (χ3v) is 10.6. The normalized spacial score (nSPS) is 26.4. The largest absolute Gasteiger partial charge is 0.338 e. The average Bonchev–Trinajstić information content (AvgIpc) is 3.21. The van der Waals surface area contributed by atoms with E-state index in [1.54, 1.807) is 5.56 Å². The summed E-state index contributed by atoms with van der Waals surface area (Å²) >= 11 is 0. The summed E-state index contributed by atoms with van der Waals surface area (Å²) in [5, 5.41) is 5.49. The van der Waals surface area contributed by atoms with Crippen molar-refractivity contribution in [3.8, 4) is 11.3 Å². The molecule has 192 valence electrons. The number of hydrogen-bond donors (Lipinski definition) is 0. The second kappa shape index (κ2) is 7.94. The topological polar surface area (TPSA) is 8.81 Å². The van der Waals surface area contributed by atoms with Gasteiger partial charge in [-0.2, -0.15) is 0 Å². The van der Waals surface area contributed by atoms with Crippen molar-refractivity contribution in [3.05, 3.63) is 78.0 Å². The zero-order valence-corrected chi connectivity index (χ0v) is 23.3. The van der Waals surface area contributed by atoms with Gasteiger partial charge in [-0.15, -0.1) is 0 Å². The van der Waals surface area contributed by atoms with E-state index in [0.29, 0.717) is 11.5 Å². The highest BCUT2D eigenvalue weighted by Gasteiger charge is 2.51. The van der Waals surface area contributed by atoms with Gasteiger partial charge in [-0.25, -0.2) is 4.57 Å². The Morgan fingerprint density at radius 2 is 1.50 bits per heavy atom. The minimum atomic E-state index is 0.400. The lowest BCUT2D eigenvalue weighted by atomic mass is 9.48. The van der Waals surface area contributed by atoms with Crippen LogP contribution in [0.2, 0.25) is 0 Å². The highest BCUT2D eigenvalue weighted by Crippen LogP contribution is 2.61. The first-order valence-electron chi connectivity index (χ1n) is 14.9. The summed E-state index contributed by atoms with van der Waals surface area (Å²) in [6.07, 6.45) is 11.1. The first-order chi connectivity index (χ1) is 18.4. The number of benzene rings is 3. The van der Waals surface area contributed by atoms with E-state index >= 15 is 0 Å². The van der Waals surface area contributed by atoms with Crippen LogP contribution >= 0.6 is 0 Å². The second-order valence-corrected chi connectivity index (χ2v) is 13.4. The van der Waals surface area contributed by atoms with Crippen LogP contribution in [-0.4, -0.2) is 4.57 Å². The van der Waals surface area contributed by atoms with Crippen LogP contribution in [0.3, 0.4) is 0 Å². The molecule has 9 rings (SSSR count). The lowest BCUT2D eigenvalue weighted by Gasteiger charge is -2.57. The van der Waals surface area contributed by atoms with Crippen LogP contribution in [0, 0.1) is 24.7 Å². The minimum Gasteiger partial charge on any atom is -0.338 e. The van der Waals surface area contributed by atoms with Gasteiger partial charge in [0.2, 0.25) is 5.69 Å². The fraction of sp³-hybridized carbons (Fsp3) is 0.417. The molecule has 0 N–H and O–H groups in total. The summed E-state index contributed by atoms with van der Waals surface area (Å²) in [6, 6.07) is 24.1. The fourth-order valence-electron chi connectivity index (χ4n) is 9.47. The van der Waals surface area contributed by atoms with Crippen molar-refractivity contribution in [2.45, 2.75) is 70.8 Å². The lowest BCUT2D eigenvalue weighted by Crippen LogP contribution is -2.48. The third kappa shape index (κ3) is 3.15. The van der Waals surface area contributed by atoms with E-state index in [1.807, 2.05) is 0 Å². The molecule has 38 heavy (non-hydrogen) atoms. The van der Waals surface area contributed by atoms with E-state index in [-0.39, 0.29) is 0 Å². The van der Waals surface area contributed by atoms with Crippen molar-refractivity contribution >= 4 is 32.6 Å². The van der Waals surface area contributed by atoms with Crippen molar-refractivity contribution in [2.24, 2.45) is 24.8 Å². The maximum Gasteiger partial charge on any atom is 0.220 e. The number of aromatic nitrogens is 2. The smallest absolute Gasteiger partial charge is 0.220 e. The zero-order valence-electron chi connectivity index (χ0n) is 23.3. The number of aryl methyl sites for hydroxylation is 2. The molecule has 3 aromatic carbocycles. The molecule has 0 spiro atoms. The van der Waals surface area contributed by atoms with E-state index < -0.39 is 0 Å². The van der Waals surface area contributed by atoms with Gasteiger partial charge in [0.1, 0.15) is 7.05 Å². The molecule has 4 aliphatic rings. The van der Waals surface area contributed by atoms with Crippen LogP contribution in [-0.2, 0) is 12.5 Å². The Labute approximate surface area is 226 Å². The molecule has 4 saturated carbocycles. The van der Waals surface area contributed by atoms with Crippen LogP contribution in [0.15, 0.2) is 66.9 Å². The van der Waals surface area contributed by atoms with E-state index in [2.05, 4.69) is 104 Å². The van der Waals surface area contributed by atoms with Gasteiger partial charge >= 0.3 is 0 Å². The molecule has 0 atom stereocenters. The van der Waals surface area contributed by atoms with Crippen LogP contribution in [0.5, 0.6) is 0 Å². The summed E-state index contributed by atoms with van der Waals surface area (Å²) < 4.78 is 4.85. The molecular weight excluding hydrogens is 460 g/mol. The van der Waals surface area contributed by atoms with Crippen molar-refractivity contribution in [1.82, 2.24) is 4.57 Å². The molecule has 4 fully saturated rings. The van der Waals surface area contributed by atoms with Gasteiger partial charge in [0.25, 0.3) is 0 Å². The molecule has 4 bridgehead atoms. The number of hydrogen-bond acceptors (Lipinski definition) is 0. The molecule has 4 aliphatic carbocycles. The zero-order chi connectivity index (χ0) is 25.8. The van der Waals surface area contributed by atoms with Gasteiger partial charge in [0.15, 0.2) is 6.20 Å². The van der Waals surface area contributed by atoms with Gasteiger partial charge in [-0.1, -0.05) is 30.3 Å². The molecule has 0 unspecified atom stereocenters. The number of fused-ring (bicyclic) bond motifs is 4. The van der Waals surface area contributed by atoms with E-state index in [4.69, 9.17) is 0 Å². The van der Waals surface area contributed by atoms with Crippen molar-refractivity contribution in [2.75, 3.05) is 0 Å². The Balaban J connectivity index is 1.32. The Morgan fingerprint density at radius 1 is 0.789 bits per heavy atom. The number of nitrogens with zero attached hydrogens (tertiary/aromatic N) is 2. The van der Waals surface area contributed by atoms with Crippen LogP contribution in [0.25, 0.3) is 43.8 Å². The summed E-state index contributed by atoms with van der Waals surface area (Å²) in [5.74, 6) is 2.93. The Bertz CT molecular complexity index is 1720. The molecule has 2 nitrogen and oxygen atoms in total.